The van der Waals surface area contributed by atoms with Gasteiger partial charge in [-0.25, -0.2) is 0 Å². The van der Waals surface area contributed by atoms with E-state index in [0.717, 1.165) is 17.1 Å². The van der Waals surface area contributed by atoms with Crippen LogP contribution in [0.15, 0.2) is 18.2 Å². The number of esters is 1. The van der Waals surface area contributed by atoms with Crippen molar-refractivity contribution in [3.63, 3.8) is 0 Å². The summed E-state index contributed by atoms with van der Waals surface area (Å²) < 4.78 is 15.7. The summed E-state index contributed by atoms with van der Waals surface area (Å²) in [7, 11) is 3.20. The first-order valence-electron chi connectivity index (χ1n) is 5.88. The first-order valence-corrected chi connectivity index (χ1v) is 5.88. The average Bonchev–Trinajstić information content (AvgIpc) is 2.44. The number of carbonyl (C=O) groups excluding carboxylic acids is 1. The topological polar surface area (TPSA) is 56.8 Å². The summed E-state index contributed by atoms with van der Waals surface area (Å²) in [4.78, 5) is 11.3. The van der Waals surface area contributed by atoms with Crippen LogP contribution < -0.4 is 14.8 Å². The summed E-state index contributed by atoms with van der Waals surface area (Å²) in [6.45, 7) is 1.13. The SMILES string of the molecule is CNC(CC(=O)OC)c1ccc2c(c1)OCCO2. The van der Waals surface area contributed by atoms with E-state index in [0.29, 0.717) is 13.2 Å². The maximum absolute atomic E-state index is 11.3. The van der Waals surface area contributed by atoms with Crippen LogP contribution in [0, 0.1) is 0 Å². The highest BCUT2D eigenvalue weighted by Gasteiger charge is 2.18. The van der Waals surface area contributed by atoms with Crippen LogP contribution in [0.3, 0.4) is 0 Å². The monoisotopic (exact) mass is 251 g/mol. The summed E-state index contributed by atoms with van der Waals surface area (Å²) in [5, 5.41) is 3.09. The van der Waals surface area contributed by atoms with Gasteiger partial charge in [-0.1, -0.05) is 6.07 Å². The van der Waals surface area contributed by atoms with Gasteiger partial charge in [0.25, 0.3) is 0 Å². The molecule has 98 valence electrons. The second-order valence-electron chi connectivity index (χ2n) is 4.02. The van der Waals surface area contributed by atoms with E-state index in [-0.39, 0.29) is 18.4 Å². The Hall–Kier alpha value is -1.75. The van der Waals surface area contributed by atoms with Crippen molar-refractivity contribution >= 4 is 5.97 Å². The number of fused-ring (bicyclic) bond motifs is 1. The summed E-state index contributed by atoms with van der Waals surface area (Å²) >= 11 is 0. The molecule has 1 heterocycles. The standard InChI is InChI=1S/C13H17NO4/c1-14-10(8-13(15)16-2)9-3-4-11-12(7-9)18-6-5-17-11/h3-4,7,10,14H,5-6,8H2,1-2H3. The maximum atomic E-state index is 11.3. The van der Waals surface area contributed by atoms with Crippen LogP contribution in [0.4, 0.5) is 0 Å². The van der Waals surface area contributed by atoms with E-state index in [2.05, 4.69) is 10.1 Å². The van der Waals surface area contributed by atoms with Gasteiger partial charge in [0.15, 0.2) is 11.5 Å². The van der Waals surface area contributed by atoms with E-state index in [4.69, 9.17) is 9.47 Å². The summed E-state index contributed by atoms with van der Waals surface area (Å²) in [5.41, 5.74) is 0.979. The molecular formula is C13H17NO4. The van der Waals surface area contributed by atoms with Crippen molar-refractivity contribution < 1.29 is 19.0 Å². The largest absolute Gasteiger partial charge is 0.486 e. The zero-order valence-corrected chi connectivity index (χ0v) is 10.6. The number of rotatable bonds is 4. The predicted octanol–water partition coefficient (Wildman–Crippen LogP) is 1.28. The minimum absolute atomic E-state index is 0.0896. The van der Waals surface area contributed by atoms with Crippen molar-refractivity contribution in [2.75, 3.05) is 27.4 Å². The third kappa shape index (κ3) is 2.73. The molecule has 0 spiro atoms. The van der Waals surface area contributed by atoms with Crippen molar-refractivity contribution in [2.45, 2.75) is 12.5 Å². The fourth-order valence-corrected chi connectivity index (χ4v) is 1.91. The molecule has 1 unspecified atom stereocenters. The number of carbonyl (C=O) groups is 1. The quantitative estimate of drug-likeness (QED) is 0.817. The third-order valence-corrected chi connectivity index (χ3v) is 2.92. The van der Waals surface area contributed by atoms with Crippen molar-refractivity contribution in [1.29, 1.82) is 0 Å². The minimum atomic E-state index is -0.246. The Morgan fingerprint density at radius 3 is 2.78 bits per heavy atom. The molecular weight excluding hydrogens is 234 g/mol. The van der Waals surface area contributed by atoms with Crippen LogP contribution in [-0.2, 0) is 9.53 Å². The van der Waals surface area contributed by atoms with Gasteiger partial charge >= 0.3 is 5.97 Å². The molecule has 5 nitrogen and oxygen atoms in total. The fraction of sp³-hybridized carbons (Fsp3) is 0.462. The number of methoxy groups -OCH3 is 1. The zero-order valence-electron chi connectivity index (χ0n) is 10.6. The molecule has 0 bridgehead atoms. The van der Waals surface area contributed by atoms with Gasteiger partial charge in [0.1, 0.15) is 13.2 Å². The Morgan fingerprint density at radius 1 is 1.39 bits per heavy atom. The van der Waals surface area contributed by atoms with E-state index in [1.165, 1.54) is 7.11 Å². The first-order chi connectivity index (χ1) is 8.74. The highest BCUT2D eigenvalue weighted by atomic mass is 16.6. The molecule has 1 aliphatic rings. The summed E-state index contributed by atoms with van der Waals surface area (Å²) in [6.07, 6.45) is 0.284. The molecule has 1 aliphatic heterocycles. The fourth-order valence-electron chi connectivity index (χ4n) is 1.91. The highest BCUT2D eigenvalue weighted by molar-refractivity contribution is 5.70. The summed E-state index contributed by atoms with van der Waals surface area (Å²) in [6, 6.07) is 5.61. The Kier molecular flexibility index (Phi) is 4.04. The third-order valence-electron chi connectivity index (χ3n) is 2.92. The van der Waals surface area contributed by atoms with Crippen LogP contribution in [0.1, 0.15) is 18.0 Å². The van der Waals surface area contributed by atoms with Crippen molar-refractivity contribution in [3.8, 4) is 11.5 Å². The minimum Gasteiger partial charge on any atom is -0.486 e. The molecule has 1 aromatic carbocycles. The van der Waals surface area contributed by atoms with Crippen LogP contribution in [0.25, 0.3) is 0 Å². The van der Waals surface area contributed by atoms with E-state index in [9.17, 15) is 4.79 Å². The van der Waals surface area contributed by atoms with Gasteiger partial charge < -0.3 is 19.5 Å². The van der Waals surface area contributed by atoms with Crippen LogP contribution in [0.2, 0.25) is 0 Å². The van der Waals surface area contributed by atoms with Gasteiger partial charge in [-0.15, -0.1) is 0 Å². The van der Waals surface area contributed by atoms with Gasteiger partial charge in [0.05, 0.1) is 13.5 Å². The smallest absolute Gasteiger partial charge is 0.307 e. The number of benzene rings is 1. The molecule has 0 radical (unpaired) electrons. The second-order valence-corrected chi connectivity index (χ2v) is 4.02. The molecule has 0 fully saturated rings. The van der Waals surface area contributed by atoms with E-state index >= 15 is 0 Å². The summed E-state index contributed by atoms with van der Waals surface area (Å²) in [5.74, 6) is 1.23. The Morgan fingerprint density at radius 2 is 2.11 bits per heavy atom. The Bertz CT molecular complexity index is 433. The van der Waals surface area contributed by atoms with Crippen molar-refractivity contribution in [2.24, 2.45) is 0 Å². The lowest BCUT2D eigenvalue weighted by atomic mass is 10.0. The van der Waals surface area contributed by atoms with E-state index in [1.54, 1.807) is 0 Å². The number of hydrogen-bond acceptors (Lipinski definition) is 5. The first kappa shape index (κ1) is 12.7. The number of hydrogen-bond donors (Lipinski definition) is 1. The van der Waals surface area contributed by atoms with Crippen molar-refractivity contribution in [3.05, 3.63) is 23.8 Å². The molecule has 1 N–H and O–H groups in total. The van der Waals surface area contributed by atoms with Crippen LogP contribution in [-0.4, -0.2) is 33.3 Å². The number of nitrogens with one attached hydrogen (secondary N) is 1. The second kappa shape index (κ2) is 5.73. The van der Waals surface area contributed by atoms with Gasteiger partial charge in [0, 0.05) is 6.04 Å². The Balaban J connectivity index is 2.18. The average molecular weight is 251 g/mol. The molecule has 0 aromatic heterocycles. The van der Waals surface area contributed by atoms with Gasteiger partial charge in [-0.3, -0.25) is 4.79 Å². The van der Waals surface area contributed by atoms with Crippen LogP contribution >= 0.6 is 0 Å². The zero-order chi connectivity index (χ0) is 13.0. The van der Waals surface area contributed by atoms with Crippen molar-refractivity contribution in [1.82, 2.24) is 5.32 Å². The Labute approximate surface area is 106 Å². The van der Waals surface area contributed by atoms with E-state index in [1.807, 2.05) is 25.2 Å². The number of ether oxygens (including phenoxy) is 3. The molecule has 0 amide bonds. The van der Waals surface area contributed by atoms with Gasteiger partial charge in [0.2, 0.25) is 0 Å². The highest BCUT2D eigenvalue weighted by Crippen LogP contribution is 2.33. The van der Waals surface area contributed by atoms with Gasteiger partial charge in [-0.05, 0) is 24.7 Å². The molecule has 0 aliphatic carbocycles. The molecule has 2 rings (SSSR count). The molecule has 1 aromatic rings. The van der Waals surface area contributed by atoms with E-state index < -0.39 is 0 Å². The lowest BCUT2D eigenvalue weighted by molar-refractivity contribution is -0.141. The lowest BCUT2D eigenvalue weighted by Crippen LogP contribution is -2.21. The molecule has 1 atom stereocenters. The molecule has 5 heteroatoms. The van der Waals surface area contributed by atoms with Gasteiger partial charge in [-0.2, -0.15) is 0 Å². The van der Waals surface area contributed by atoms with Crippen LogP contribution in [0.5, 0.6) is 11.5 Å². The maximum Gasteiger partial charge on any atom is 0.307 e. The lowest BCUT2D eigenvalue weighted by Gasteiger charge is -2.21. The molecule has 0 saturated carbocycles. The normalized spacial score (nSPS) is 15.0. The molecule has 0 saturated heterocycles. The predicted molar refractivity (Wildman–Crippen MR) is 65.9 cm³/mol. The molecule has 18 heavy (non-hydrogen) atoms.